The van der Waals surface area contributed by atoms with Gasteiger partial charge in [0.25, 0.3) is 0 Å². The number of methoxy groups -OCH3 is 1. The summed E-state index contributed by atoms with van der Waals surface area (Å²) in [7, 11) is 1.62. The molecule has 0 saturated heterocycles. The summed E-state index contributed by atoms with van der Waals surface area (Å²) < 4.78 is 11.2. The van der Waals surface area contributed by atoms with Crippen molar-refractivity contribution in [2.24, 2.45) is 0 Å². The number of halogens is 1. The number of rotatable bonds is 4. The van der Waals surface area contributed by atoms with E-state index in [9.17, 15) is 4.79 Å². The van der Waals surface area contributed by atoms with Crippen molar-refractivity contribution in [2.75, 3.05) is 7.11 Å². The van der Waals surface area contributed by atoms with Gasteiger partial charge in [0.05, 0.1) is 12.7 Å². The third kappa shape index (κ3) is 3.70. The van der Waals surface area contributed by atoms with Crippen molar-refractivity contribution in [3.05, 3.63) is 63.2 Å². The van der Waals surface area contributed by atoms with Crippen LogP contribution in [0.1, 0.15) is 15.9 Å². The average molecular weight is 368 g/mol. The maximum absolute atomic E-state index is 11.9. The molecule has 0 bridgehead atoms. The number of ether oxygens (including phenoxy) is 2. The Labute approximate surface area is 125 Å². The van der Waals surface area contributed by atoms with Gasteiger partial charge in [0, 0.05) is 3.57 Å². The predicted octanol–water partition coefficient (Wildman–Crippen LogP) is 3.66. The maximum Gasteiger partial charge on any atom is 0.339 e. The van der Waals surface area contributed by atoms with Gasteiger partial charge in [-0.25, -0.2) is 4.79 Å². The molecule has 0 aliphatic carbocycles. The Morgan fingerprint density at radius 3 is 2.42 bits per heavy atom. The fraction of sp³-hybridized carbons (Fsp3) is 0.133. The number of hydrogen-bond acceptors (Lipinski definition) is 3. The maximum atomic E-state index is 11.9. The van der Waals surface area contributed by atoms with Gasteiger partial charge >= 0.3 is 5.97 Å². The van der Waals surface area contributed by atoms with E-state index in [0.717, 1.165) is 14.9 Å². The molecule has 2 aromatic rings. The van der Waals surface area contributed by atoms with Crippen LogP contribution in [0.15, 0.2) is 48.5 Å². The summed E-state index contributed by atoms with van der Waals surface area (Å²) in [5.41, 5.74) is 1.52. The van der Waals surface area contributed by atoms with E-state index in [4.69, 9.17) is 9.47 Å². The quantitative estimate of drug-likeness (QED) is 0.611. The minimum Gasteiger partial charge on any atom is -0.497 e. The van der Waals surface area contributed by atoms with Crippen molar-refractivity contribution in [1.82, 2.24) is 0 Å². The van der Waals surface area contributed by atoms with Crippen LogP contribution < -0.4 is 4.74 Å². The molecule has 0 radical (unpaired) electrons. The highest BCUT2D eigenvalue weighted by molar-refractivity contribution is 14.1. The lowest BCUT2D eigenvalue weighted by Gasteiger charge is -2.07. The molecule has 0 amide bonds. The Morgan fingerprint density at radius 2 is 1.79 bits per heavy atom. The lowest BCUT2D eigenvalue weighted by Crippen LogP contribution is -2.06. The van der Waals surface area contributed by atoms with Gasteiger partial charge in [-0.1, -0.05) is 24.3 Å². The van der Waals surface area contributed by atoms with Crippen LogP contribution in [0.5, 0.6) is 5.75 Å². The Bertz CT molecular complexity index is 564. The second kappa shape index (κ2) is 6.56. The largest absolute Gasteiger partial charge is 0.497 e. The molecule has 0 unspecified atom stereocenters. The first kappa shape index (κ1) is 13.9. The summed E-state index contributed by atoms with van der Waals surface area (Å²) in [6, 6.07) is 14.8. The number of esters is 1. The first-order chi connectivity index (χ1) is 9.20. The molecule has 0 aromatic heterocycles. The molecule has 0 heterocycles. The van der Waals surface area contributed by atoms with Gasteiger partial charge in [0.1, 0.15) is 12.4 Å². The van der Waals surface area contributed by atoms with Gasteiger partial charge in [0.15, 0.2) is 0 Å². The second-order valence-electron chi connectivity index (χ2n) is 3.90. The molecular weight excluding hydrogens is 355 g/mol. The van der Waals surface area contributed by atoms with Gasteiger partial charge in [-0.15, -0.1) is 0 Å². The van der Waals surface area contributed by atoms with Crippen LogP contribution in [-0.4, -0.2) is 13.1 Å². The van der Waals surface area contributed by atoms with Crippen LogP contribution in [0.4, 0.5) is 0 Å². The van der Waals surface area contributed by atoms with Gasteiger partial charge in [0.2, 0.25) is 0 Å². The van der Waals surface area contributed by atoms with E-state index in [-0.39, 0.29) is 12.6 Å². The topological polar surface area (TPSA) is 35.5 Å². The molecule has 2 rings (SSSR count). The van der Waals surface area contributed by atoms with E-state index in [1.54, 1.807) is 13.2 Å². The molecule has 0 aliphatic heterocycles. The molecule has 98 valence electrons. The zero-order chi connectivity index (χ0) is 13.7. The van der Waals surface area contributed by atoms with Gasteiger partial charge in [-0.3, -0.25) is 0 Å². The molecule has 3 nitrogen and oxygen atoms in total. The van der Waals surface area contributed by atoms with Gasteiger partial charge < -0.3 is 9.47 Å². The molecular formula is C15H13IO3. The van der Waals surface area contributed by atoms with E-state index in [2.05, 4.69) is 22.6 Å². The fourth-order valence-corrected chi connectivity index (χ4v) is 2.18. The van der Waals surface area contributed by atoms with Crippen molar-refractivity contribution in [3.63, 3.8) is 0 Å². The Kier molecular flexibility index (Phi) is 4.79. The summed E-state index contributed by atoms with van der Waals surface area (Å²) in [6.07, 6.45) is 0. The highest BCUT2D eigenvalue weighted by atomic mass is 127. The summed E-state index contributed by atoms with van der Waals surface area (Å²) in [5, 5.41) is 0. The second-order valence-corrected chi connectivity index (χ2v) is 5.07. The smallest absolute Gasteiger partial charge is 0.339 e. The van der Waals surface area contributed by atoms with Crippen LogP contribution in [0, 0.1) is 3.57 Å². The van der Waals surface area contributed by atoms with Crippen molar-refractivity contribution in [2.45, 2.75) is 6.61 Å². The third-order valence-corrected chi connectivity index (χ3v) is 3.56. The normalized spacial score (nSPS) is 10.0. The summed E-state index contributed by atoms with van der Waals surface area (Å²) in [6.45, 7) is 0.258. The number of benzene rings is 2. The lowest BCUT2D eigenvalue weighted by atomic mass is 10.2. The molecule has 0 fully saturated rings. The first-order valence-corrected chi connectivity index (χ1v) is 6.83. The predicted molar refractivity (Wildman–Crippen MR) is 81.3 cm³/mol. The van der Waals surface area contributed by atoms with E-state index < -0.39 is 0 Å². The minimum atomic E-state index is -0.305. The zero-order valence-corrected chi connectivity index (χ0v) is 12.6. The van der Waals surface area contributed by atoms with E-state index in [1.807, 2.05) is 42.5 Å². The minimum absolute atomic E-state index is 0.258. The number of carbonyl (C=O) groups excluding carboxylic acids is 1. The average Bonchev–Trinajstić information content (AvgIpc) is 2.46. The van der Waals surface area contributed by atoms with Crippen molar-refractivity contribution >= 4 is 28.6 Å². The first-order valence-electron chi connectivity index (χ1n) is 5.75. The monoisotopic (exact) mass is 368 g/mol. The van der Waals surface area contributed by atoms with Crippen molar-refractivity contribution in [1.29, 1.82) is 0 Å². The van der Waals surface area contributed by atoms with Gasteiger partial charge in [-0.05, 0) is 52.4 Å². The van der Waals surface area contributed by atoms with E-state index in [1.165, 1.54) is 0 Å². The van der Waals surface area contributed by atoms with Crippen molar-refractivity contribution in [3.8, 4) is 5.75 Å². The van der Waals surface area contributed by atoms with E-state index in [0.29, 0.717) is 5.56 Å². The van der Waals surface area contributed by atoms with Crippen LogP contribution in [0.3, 0.4) is 0 Å². The fourth-order valence-electron chi connectivity index (χ4n) is 1.58. The van der Waals surface area contributed by atoms with Gasteiger partial charge in [-0.2, -0.15) is 0 Å². The van der Waals surface area contributed by atoms with Crippen LogP contribution in [0.25, 0.3) is 0 Å². The Balaban J connectivity index is 1.98. The number of carbonyl (C=O) groups is 1. The highest BCUT2D eigenvalue weighted by Gasteiger charge is 2.10. The Morgan fingerprint density at radius 1 is 1.11 bits per heavy atom. The molecule has 0 atom stereocenters. The molecule has 19 heavy (non-hydrogen) atoms. The van der Waals surface area contributed by atoms with Crippen LogP contribution in [0.2, 0.25) is 0 Å². The molecule has 0 N–H and O–H groups in total. The lowest BCUT2D eigenvalue weighted by molar-refractivity contribution is 0.0471. The van der Waals surface area contributed by atoms with E-state index >= 15 is 0 Å². The zero-order valence-electron chi connectivity index (χ0n) is 10.4. The summed E-state index contributed by atoms with van der Waals surface area (Å²) in [5.74, 6) is 0.480. The van der Waals surface area contributed by atoms with Crippen molar-refractivity contribution < 1.29 is 14.3 Å². The molecule has 0 aliphatic rings. The summed E-state index contributed by atoms with van der Waals surface area (Å²) >= 11 is 2.12. The standard InChI is InChI=1S/C15H13IO3/c1-18-12-8-6-11(7-9-12)10-19-15(17)13-4-2-3-5-14(13)16/h2-9H,10H2,1H3. The third-order valence-electron chi connectivity index (χ3n) is 2.62. The molecule has 4 heteroatoms. The van der Waals surface area contributed by atoms with Crippen LogP contribution >= 0.6 is 22.6 Å². The summed E-state index contributed by atoms with van der Waals surface area (Å²) in [4.78, 5) is 11.9. The Hall–Kier alpha value is -1.56. The molecule has 0 saturated carbocycles. The number of hydrogen-bond donors (Lipinski definition) is 0. The molecule has 2 aromatic carbocycles. The molecule has 0 spiro atoms. The SMILES string of the molecule is COc1ccc(COC(=O)c2ccccc2I)cc1. The highest BCUT2D eigenvalue weighted by Crippen LogP contribution is 2.15. The van der Waals surface area contributed by atoms with Crippen LogP contribution in [-0.2, 0) is 11.3 Å².